The van der Waals surface area contributed by atoms with Crippen LogP contribution in [0.4, 0.5) is 0 Å². The Balaban J connectivity index is 5.00. The van der Waals surface area contributed by atoms with Gasteiger partial charge in [0.25, 0.3) is 0 Å². The van der Waals surface area contributed by atoms with E-state index in [1.54, 1.807) is 0 Å². The van der Waals surface area contributed by atoms with Crippen LogP contribution in [-0.4, -0.2) is 59.1 Å². The monoisotopic (exact) mass is 358 g/mol. The third-order valence-corrected chi connectivity index (χ3v) is 3.01. The highest BCUT2D eigenvalue weighted by Crippen LogP contribution is 2.01. The molecule has 0 rings (SSSR count). The first kappa shape index (κ1) is 22.0. The van der Waals surface area contributed by atoms with E-state index in [0.717, 1.165) is 0 Å². The maximum Gasteiger partial charge on any atom is 0.303 e. The second-order valence-corrected chi connectivity index (χ2v) is 5.34. The molecule has 0 aromatic carbocycles. The van der Waals surface area contributed by atoms with Crippen LogP contribution >= 0.6 is 0 Å². The van der Waals surface area contributed by atoms with Crippen molar-refractivity contribution < 1.29 is 33.9 Å². The smallest absolute Gasteiger partial charge is 0.303 e. The molecule has 0 fully saturated rings. The van der Waals surface area contributed by atoms with Gasteiger partial charge in [-0.2, -0.15) is 0 Å². The number of carbonyl (C=O) groups excluding carboxylic acids is 5. The molecular formula is C14H22N4O7. The molecule has 3 atom stereocenters. The molecule has 0 unspecified atom stereocenters. The van der Waals surface area contributed by atoms with Crippen LogP contribution in [0.5, 0.6) is 0 Å². The minimum absolute atomic E-state index is 0.248. The van der Waals surface area contributed by atoms with Gasteiger partial charge in [-0.3, -0.25) is 24.0 Å². The summed E-state index contributed by atoms with van der Waals surface area (Å²) in [7, 11) is 0. The number of nitrogens with two attached hydrogens (primary N) is 1. The molecule has 0 aliphatic carbocycles. The van der Waals surface area contributed by atoms with E-state index in [0.29, 0.717) is 6.29 Å². The van der Waals surface area contributed by atoms with E-state index in [9.17, 15) is 28.8 Å². The highest BCUT2D eigenvalue weighted by Gasteiger charge is 2.26. The number of aldehydes is 1. The molecule has 0 aliphatic rings. The van der Waals surface area contributed by atoms with Crippen LogP contribution in [0.3, 0.4) is 0 Å². The van der Waals surface area contributed by atoms with Crippen LogP contribution in [0.25, 0.3) is 0 Å². The molecule has 25 heavy (non-hydrogen) atoms. The molecule has 0 aromatic heterocycles. The molecule has 0 aliphatic heterocycles. The summed E-state index contributed by atoms with van der Waals surface area (Å²) in [6.07, 6.45) is -0.799. The van der Waals surface area contributed by atoms with E-state index < -0.39 is 60.6 Å². The van der Waals surface area contributed by atoms with Crippen molar-refractivity contribution >= 4 is 35.9 Å². The van der Waals surface area contributed by atoms with Crippen molar-refractivity contribution in [2.24, 2.45) is 5.73 Å². The van der Waals surface area contributed by atoms with Crippen molar-refractivity contribution in [1.82, 2.24) is 16.0 Å². The molecule has 0 saturated heterocycles. The SMILES string of the molecule is CC(=O)N[C@@H](C)C(=O)N[C@@H](CCC(=O)O)C(=O)N[C@H](C=O)CC(N)=O. The molecule has 0 bridgehead atoms. The third kappa shape index (κ3) is 9.69. The van der Waals surface area contributed by atoms with E-state index in [1.807, 2.05) is 0 Å². The van der Waals surface area contributed by atoms with E-state index in [-0.39, 0.29) is 6.42 Å². The Labute approximate surface area is 143 Å². The van der Waals surface area contributed by atoms with Crippen LogP contribution in [-0.2, 0) is 28.8 Å². The Kier molecular flexibility index (Phi) is 9.45. The Hall–Kier alpha value is -2.98. The lowest BCUT2D eigenvalue weighted by Crippen LogP contribution is -2.54. The summed E-state index contributed by atoms with van der Waals surface area (Å²) < 4.78 is 0. The summed E-state index contributed by atoms with van der Waals surface area (Å²) in [5.74, 6) is -4.02. The number of carboxylic acid groups (broad SMARTS) is 1. The minimum atomic E-state index is -1.27. The number of primary amides is 1. The maximum atomic E-state index is 12.2. The predicted octanol–water partition coefficient (Wildman–Crippen LogP) is -2.58. The average molecular weight is 358 g/mol. The van der Waals surface area contributed by atoms with E-state index >= 15 is 0 Å². The van der Waals surface area contributed by atoms with Gasteiger partial charge in [-0.05, 0) is 13.3 Å². The zero-order valence-corrected chi connectivity index (χ0v) is 13.9. The van der Waals surface area contributed by atoms with Gasteiger partial charge in [-0.25, -0.2) is 0 Å². The lowest BCUT2D eigenvalue weighted by atomic mass is 10.1. The second-order valence-electron chi connectivity index (χ2n) is 5.34. The predicted molar refractivity (Wildman–Crippen MR) is 83.9 cm³/mol. The Morgan fingerprint density at radius 1 is 1.08 bits per heavy atom. The van der Waals surface area contributed by atoms with Crippen molar-refractivity contribution in [2.75, 3.05) is 0 Å². The summed E-state index contributed by atoms with van der Waals surface area (Å²) in [6.45, 7) is 2.58. The first-order chi connectivity index (χ1) is 11.6. The largest absolute Gasteiger partial charge is 0.481 e. The molecule has 0 heterocycles. The van der Waals surface area contributed by atoms with Gasteiger partial charge in [-0.15, -0.1) is 0 Å². The number of rotatable bonds is 11. The minimum Gasteiger partial charge on any atom is -0.481 e. The third-order valence-electron chi connectivity index (χ3n) is 3.01. The summed E-state index contributed by atoms with van der Waals surface area (Å²) in [5.41, 5.74) is 4.95. The average Bonchev–Trinajstić information content (AvgIpc) is 2.48. The molecule has 0 saturated carbocycles. The molecule has 0 aromatic rings. The zero-order chi connectivity index (χ0) is 19.6. The van der Waals surface area contributed by atoms with Crippen LogP contribution in [0, 0.1) is 0 Å². The lowest BCUT2D eigenvalue weighted by Gasteiger charge is -2.22. The molecule has 0 spiro atoms. The van der Waals surface area contributed by atoms with Gasteiger partial charge >= 0.3 is 5.97 Å². The second kappa shape index (κ2) is 10.7. The number of hydrogen-bond acceptors (Lipinski definition) is 6. The molecular weight excluding hydrogens is 336 g/mol. The fourth-order valence-electron chi connectivity index (χ4n) is 1.84. The van der Waals surface area contributed by atoms with Gasteiger partial charge in [0.15, 0.2) is 0 Å². The van der Waals surface area contributed by atoms with Crippen molar-refractivity contribution in [1.29, 1.82) is 0 Å². The molecule has 0 radical (unpaired) electrons. The van der Waals surface area contributed by atoms with Crippen LogP contribution in [0.1, 0.15) is 33.1 Å². The Morgan fingerprint density at radius 2 is 1.68 bits per heavy atom. The lowest BCUT2D eigenvalue weighted by molar-refractivity contribution is -0.138. The molecule has 11 nitrogen and oxygen atoms in total. The molecule has 140 valence electrons. The number of carboxylic acids is 1. The topological polar surface area (TPSA) is 185 Å². The highest BCUT2D eigenvalue weighted by atomic mass is 16.4. The van der Waals surface area contributed by atoms with Crippen molar-refractivity contribution in [2.45, 2.75) is 51.2 Å². The fraction of sp³-hybridized carbons (Fsp3) is 0.571. The zero-order valence-electron chi connectivity index (χ0n) is 13.9. The Bertz CT molecular complexity index is 549. The first-order valence-corrected chi connectivity index (χ1v) is 7.40. The van der Waals surface area contributed by atoms with Gasteiger partial charge < -0.3 is 31.6 Å². The number of aliphatic carboxylic acids is 1. The van der Waals surface area contributed by atoms with Gasteiger partial charge in [0.2, 0.25) is 23.6 Å². The number of amides is 4. The van der Waals surface area contributed by atoms with Crippen molar-refractivity contribution in [3.63, 3.8) is 0 Å². The summed E-state index contributed by atoms with van der Waals surface area (Å²) in [6, 6.07) is -3.41. The van der Waals surface area contributed by atoms with Crippen molar-refractivity contribution in [3.8, 4) is 0 Å². The first-order valence-electron chi connectivity index (χ1n) is 7.40. The normalized spacial score (nSPS) is 13.7. The van der Waals surface area contributed by atoms with Gasteiger partial charge in [0.1, 0.15) is 18.4 Å². The van der Waals surface area contributed by atoms with Gasteiger partial charge in [0, 0.05) is 13.3 Å². The number of nitrogens with one attached hydrogen (secondary N) is 3. The van der Waals surface area contributed by atoms with Crippen LogP contribution < -0.4 is 21.7 Å². The van der Waals surface area contributed by atoms with Crippen LogP contribution in [0.15, 0.2) is 0 Å². The van der Waals surface area contributed by atoms with Crippen LogP contribution in [0.2, 0.25) is 0 Å². The maximum absolute atomic E-state index is 12.2. The fourth-order valence-corrected chi connectivity index (χ4v) is 1.84. The summed E-state index contributed by atoms with van der Waals surface area (Å²) in [4.78, 5) is 67.5. The van der Waals surface area contributed by atoms with E-state index in [4.69, 9.17) is 10.8 Å². The van der Waals surface area contributed by atoms with E-state index in [2.05, 4.69) is 16.0 Å². The van der Waals surface area contributed by atoms with E-state index in [1.165, 1.54) is 13.8 Å². The summed E-state index contributed by atoms with van der Waals surface area (Å²) in [5, 5.41) is 15.6. The Morgan fingerprint density at radius 3 is 2.12 bits per heavy atom. The van der Waals surface area contributed by atoms with Gasteiger partial charge in [-0.1, -0.05) is 0 Å². The van der Waals surface area contributed by atoms with Gasteiger partial charge in [0.05, 0.1) is 12.5 Å². The standard InChI is InChI=1S/C14H22N4O7/c1-7(16-8(2)20)13(24)18-10(3-4-12(22)23)14(25)17-9(6-19)5-11(15)21/h6-7,9-10H,3-5H2,1-2H3,(H2,15,21)(H,16,20)(H,17,25)(H,18,24)(H,22,23)/t7-,9-,10-/m0/s1. The highest BCUT2D eigenvalue weighted by molar-refractivity contribution is 5.93. The molecule has 4 amide bonds. The number of carbonyl (C=O) groups is 6. The van der Waals surface area contributed by atoms with Crippen molar-refractivity contribution in [3.05, 3.63) is 0 Å². The summed E-state index contributed by atoms with van der Waals surface area (Å²) >= 11 is 0. The molecule has 6 N–H and O–H groups in total. The number of hydrogen-bond donors (Lipinski definition) is 5. The molecule has 11 heteroatoms. The quantitative estimate of drug-likeness (QED) is 0.251.